The molecule has 1 saturated heterocycles. The fourth-order valence-corrected chi connectivity index (χ4v) is 3.99. The molecule has 0 amide bonds. The van der Waals surface area contributed by atoms with E-state index in [0.717, 1.165) is 11.8 Å². The van der Waals surface area contributed by atoms with E-state index in [1.807, 2.05) is 21.6 Å². The van der Waals surface area contributed by atoms with Crippen LogP contribution in [-0.4, -0.2) is 17.4 Å². The lowest BCUT2D eigenvalue weighted by molar-refractivity contribution is 0.660. The predicted octanol–water partition coefficient (Wildman–Crippen LogP) is 2.63. The summed E-state index contributed by atoms with van der Waals surface area (Å²) >= 11 is 5.56. The van der Waals surface area contributed by atoms with E-state index in [4.69, 9.17) is 11.6 Å². The third-order valence-electron chi connectivity index (χ3n) is 1.21. The van der Waals surface area contributed by atoms with E-state index in [9.17, 15) is 0 Å². The summed E-state index contributed by atoms with van der Waals surface area (Å²) in [4.78, 5) is 0. The minimum atomic E-state index is 0.839. The largest absolute Gasteiger partial charge is 0.127 e. The highest BCUT2D eigenvalue weighted by atomic mass is 35.5. The molecule has 0 nitrogen and oxygen atoms in total. The summed E-state index contributed by atoms with van der Waals surface area (Å²) in [5.41, 5.74) is 0. The van der Waals surface area contributed by atoms with Gasteiger partial charge < -0.3 is 0 Å². The lowest BCUT2D eigenvalue weighted by Gasteiger charge is -2.00. The van der Waals surface area contributed by atoms with Crippen LogP contribution in [0.3, 0.4) is 0 Å². The van der Waals surface area contributed by atoms with Crippen LogP contribution in [0, 0.1) is 5.92 Å². The van der Waals surface area contributed by atoms with Gasteiger partial charge in [0.15, 0.2) is 0 Å². The normalized spacial score (nSPS) is 22.1. The zero-order valence-corrected chi connectivity index (χ0v) is 6.99. The van der Waals surface area contributed by atoms with Crippen LogP contribution in [0.4, 0.5) is 0 Å². The van der Waals surface area contributed by atoms with E-state index in [1.54, 1.807) is 0 Å². The molecule has 48 valence electrons. The van der Waals surface area contributed by atoms with Crippen molar-refractivity contribution in [2.45, 2.75) is 6.42 Å². The maximum atomic E-state index is 5.56. The quantitative estimate of drug-likeness (QED) is 0.460. The molecular weight excluding hydrogens is 160 g/mol. The van der Waals surface area contributed by atoms with Crippen LogP contribution in [0.2, 0.25) is 0 Å². The van der Waals surface area contributed by atoms with Crippen LogP contribution < -0.4 is 0 Å². The monoisotopic (exact) mass is 168 g/mol. The summed E-state index contributed by atoms with van der Waals surface area (Å²) in [5, 5.41) is 0. The second-order valence-corrected chi connectivity index (χ2v) is 4.84. The number of halogens is 1. The van der Waals surface area contributed by atoms with Crippen molar-refractivity contribution in [3.63, 3.8) is 0 Å². The van der Waals surface area contributed by atoms with Crippen LogP contribution in [0.1, 0.15) is 6.42 Å². The van der Waals surface area contributed by atoms with Crippen molar-refractivity contribution in [3.8, 4) is 0 Å². The van der Waals surface area contributed by atoms with Gasteiger partial charge in [0, 0.05) is 17.4 Å². The second-order valence-electron chi connectivity index (χ2n) is 1.91. The molecule has 1 fully saturated rings. The van der Waals surface area contributed by atoms with Gasteiger partial charge in [-0.25, -0.2) is 0 Å². The van der Waals surface area contributed by atoms with Crippen molar-refractivity contribution in [1.29, 1.82) is 0 Å². The fraction of sp³-hybridized carbons (Fsp3) is 1.00. The third-order valence-corrected chi connectivity index (χ3v) is 4.12. The van der Waals surface area contributed by atoms with Gasteiger partial charge in [-0.05, 0) is 12.3 Å². The maximum Gasteiger partial charge on any atom is 0.0226 e. The number of alkyl halides is 1. The van der Waals surface area contributed by atoms with Crippen molar-refractivity contribution in [2.24, 2.45) is 5.92 Å². The SMILES string of the molecule is ClCCC1CSSC1. The Hall–Kier alpha value is 0.990. The number of rotatable bonds is 2. The Morgan fingerprint density at radius 1 is 1.38 bits per heavy atom. The first-order chi connectivity index (χ1) is 3.93. The zero-order chi connectivity index (χ0) is 5.82. The number of hydrogen-bond donors (Lipinski definition) is 0. The van der Waals surface area contributed by atoms with Gasteiger partial charge in [0.2, 0.25) is 0 Å². The van der Waals surface area contributed by atoms with Crippen LogP contribution in [-0.2, 0) is 0 Å². The summed E-state index contributed by atoms with van der Waals surface area (Å²) in [7, 11) is 3.96. The van der Waals surface area contributed by atoms with Gasteiger partial charge >= 0.3 is 0 Å². The van der Waals surface area contributed by atoms with E-state index in [-0.39, 0.29) is 0 Å². The molecule has 0 bridgehead atoms. The molecule has 0 aromatic rings. The molecule has 8 heavy (non-hydrogen) atoms. The molecule has 0 radical (unpaired) electrons. The van der Waals surface area contributed by atoms with Crippen molar-refractivity contribution >= 4 is 33.2 Å². The van der Waals surface area contributed by atoms with Gasteiger partial charge in [-0.3, -0.25) is 0 Å². The molecule has 3 heteroatoms. The first-order valence-corrected chi connectivity index (χ1v) is 5.76. The fourth-order valence-electron chi connectivity index (χ4n) is 0.658. The van der Waals surface area contributed by atoms with E-state index in [1.165, 1.54) is 17.9 Å². The van der Waals surface area contributed by atoms with Gasteiger partial charge in [-0.2, -0.15) is 0 Å². The van der Waals surface area contributed by atoms with Crippen LogP contribution in [0.15, 0.2) is 0 Å². The van der Waals surface area contributed by atoms with Gasteiger partial charge in [-0.1, -0.05) is 21.6 Å². The van der Waals surface area contributed by atoms with Gasteiger partial charge in [0.05, 0.1) is 0 Å². The first-order valence-electron chi connectivity index (χ1n) is 2.74. The Labute approximate surface area is 63.1 Å². The van der Waals surface area contributed by atoms with E-state index >= 15 is 0 Å². The third kappa shape index (κ3) is 2.08. The summed E-state index contributed by atoms with van der Waals surface area (Å²) in [6.45, 7) is 0. The minimum Gasteiger partial charge on any atom is -0.127 e. The van der Waals surface area contributed by atoms with Crippen molar-refractivity contribution in [3.05, 3.63) is 0 Å². The maximum absolute atomic E-state index is 5.56. The summed E-state index contributed by atoms with van der Waals surface area (Å²) < 4.78 is 0. The molecule has 1 aliphatic rings. The first kappa shape index (κ1) is 7.10. The van der Waals surface area contributed by atoms with Crippen LogP contribution in [0.25, 0.3) is 0 Å². The Kier molecular flexibility index (Phi) is 3.47. The van der Waals surface area contributed by atoms with Gasteiger partial charge in [0.25, 0.3) is 0 Å². The van der Waals surface area contributed by atoms with Gasteiger partial charge in [0.1, 0.15) is 0 Å². The summed E-state index contributed by atoms with van der Waals surface area (Å²) in [5.74, 6) is 4.38. The van der Waals surface area contributed by atoms with Crippen LogP contribution >= 0.6 is 33.2 Å². The molecule has 0 N–H and O–H groups in total. The number of hydrogen-bond acceptors (Lipinski definition) is 2. The zero-order valence-electron chi connectivity index (χ0n) is 4.60. The predicted molar refractivity (Wildman–Crippen MR) is 43.7 cm³/mol. The van der Waals surface area contributed by atoms with E-state index in [2.05, 4.69) is 0 Å². The standard InChI is InChI=1S/C5H9ClS2/c6-2-1-5-3-7-8-4-5/h5H,1-4H2. The van der Waals surface area contributed by atoms with Crippen molar-refractivity contribution in [1.82, 2.24) is 0 Å². The lowest BCUT2D eigenvalue weighted by atomic mass is 10.2. The van der Waals surface area contributed by atoms with Crippen molar-refractivity contribution < 1.29 is 0 Å². The molecule has 1 aliphatic heterocycles. The molecule has 0 atom stereocenters. The average Bonchev–Trinajstić information content (AvgIpc) is 2.19. The Balaban J connectivity index is 2.06. The smallest absolute Gasteiger partial charge is 0.0226 e. The molecule has 1 heterocycles. The van der Waals surface area contributed by atoms with Crippen molar-refractivity contribution in [2.75, 3.05) is 17.4 Å². The Morgan fingerprint density at radius 2 is 2.00 bits per heavy atom. The second kappa shape index (κ2) is 3.91. The highest BCUT2D eigenvalue weighted by molar-refractivity contribution is 8.77. The van der Waals surface area contributed by atoms with E-state index < -0.39 is 0 Å². The highest BCUT2D eigenvalue weighted by Crippen LogP contribution is 2.36. The Morgan fingerprint density at radius 3 is 2.50 bits per heavy atom. The average molecular weight is 169 g/mol. The molecule has 0 saturated carbocycles. The van der Waals surface area contributed by atoms with Gasteiger partial charge in [-0.15, -0.1) is 11.6 Å². The molecule has 0 aromatic heterocycles. The highest BCUT2D eigenvalue weighted by Gasteiger charge is 2.14. The minimum absolute atomic E-state index is 0.839. The topological polar surface area (TPSA) is 0 Å². The lowest BCUT2D eigenvalue weighted by Crippen LogP contribution is -2.00. The molecular formula is C5H9ClS2. The molecule has 0 spiro atoms. The molecule has 0 unspecified atom stereocenters. The molecule has 1 rings (SSSR count). The van der Waals surface area contributed by atoms with E-state index in [0.29, 0.717) is 0 Å². The summed E-state index contributed by atoms with van der Waals surface area (Å²) in [6, 6.07) is 0. The Bertz CT molecular complexity index is 61.4. The summed E-state index contributed by atoms with van der Waals surface area (Å²) in [6.07, 6.45) is 1.21. The van der Waals surface area contributed by atoms with Crippen LogP contribution in [0.5, 0.6) is 0 Å². The molecule has 0 aliphatic carbocycles. The molecule has 0 aromatic carbocycles.